The molecule has 0 N–H and O–H groups in total. The van der Waals surface area contributed by atoms with Gasteiger partial charge < -0.3 is 4.57 Å². The Bertz CT molecular complexity index is 1230. The van der Waals surface area contributed by atoms with Gasteiger partial charge in [0.1, 0.15) is 4.83 Å². The molecule has 0 saturated carbocycles. The third-order valence-corrected chi connectivity index (χ3v) is 6.04. The molecular weight excluding hydrogens is 370 g/mol. The minimum Gasteiger partial charge on any atom is -0.349 e. The summed E-state index contributed by atoms with van der Waals surface area (Å²) in [6.07, 6.45) is 1.48. The second-order valence-electron chi connectivity index (χ2n) is 6.83. The van der Waals surface area contributed by atoms with Gasteiger partial charge in [0.05, 0.1) is 18.3 Å². The molecule has 0 aliphatic rings. The molecule has 3 heterocycles. The maximum absolute atomic E-state index is 13.1. The zero-order chi connectivity index (χ0) is 19.8. The van der Waals surface area contributed by atoms with E-state index in [1.54, 1.807) is 0 Å². The lowest BCUT2D eigenvalue weighted by Crippen LogP contribution is -2.24. The first-order chi connectivity index (χ1) is 13.5. The molecule has 4 aromatic rings. The van der Waals surface area contributed by atoms with Crippen molar-refractivity contribution in [1.82, 2.24) is 14.1 Å². The van der Waals surface area contributed by atoms with Crippen molar-refractivity contribution in [3.63, 3.8) is 0 Å². The third kappa shape index (κ3) is 2.99. The Morgan fingerprint density at radius 1 is 1.18 bits per heavy atom. The van der Waals surface area contributed by atoms with E-state index in [9.17, 15) is 9.59 Å². The molecule has 1 aromatic carbocycles. The Morgan fingerprint density at radius 2 is 1.93 bits per heavy atom. The lowest BCUT2D eigenvalue weighted by atomic mass is 10.1. The van der Waals surface area contributed by atoms with E-state index in [2.05, 4.69) is 16.5 Å². The Hall–Kier alpha value is -2.99. The normalized spacial score (nSPS) is 11.2. The van der Waals surface area contributed by atoms with Crippen LogP contribution in [0.15, 0.2) is 52.9 Å². The van der Waals surface area contributed by atoms with Crippen LogP contribution < -0.4 is 5.56 Å². The molecule has 0 spiro atoms. The molecular formula is C22H21N3O2S. The first kappa shape index (κ1) is 18.4. The summed E-state index contributed by atoms with van der Waals surface area (Å²) in [5.41, 5.74) is 4.32. The molecule has 0 bridgehead atoms. The Kier molecular flexibility index (Phi) is 4.73. The molecule has 0 amide bonds. The van der Waals surface area contributed by atoms with E-state index in [0.29, 0.717) is 15.8 Å². The minimum absolute atomic E-state index is 0.0140. The van der Waals surface area contributed by atoms with Gasteiger partial charge in [0.15, 0.2) is 5.78 Å². The Labute approximate surface area is 166 Å². The molecule has 5 nitrogen and oxygen atoms in total. The van der Waals surface area contributed by atoms with Crippen LogP contribution >= 0.6 is 11.3 Å². The van der Waals surface area contributed by atoms with Gasteiger partial charge in [-0.1, -0.05) is 30.3 Å². The summed E-state index contributed by atoms with van der Waals surface area (Å²) in [5.74, 6) is -0.0764. The summed E-state index contributed by atoms with van der Waals surface area (Å²) in [6, 6.07) is 11.7. The van der Waals surface area contributed by atoms with Crippen LogP contribution in [0.5, 0.6) is 0 Å². The highest BCUT2D eigenvalue weighted by molar-refractivity contribution is 7.17. The number of benzene rings is 1. The lowest BCUT2D eigenvalue weighted by Gasteiger charge is -2.07. The van der Waals surface area contributed by atoms with Gasteiger partial charge in [-0.3, -0.25) is 14.2 Å². The molecule has 0 aliphatic carbocycles. The quantitative estimate of drug-likeness (QED) is 0.473. The topological polar surface area (TPSA) is 56.9 Å². The fourth-order valence-corrected chi connectivity index (χ4v) is 4.63. The number of aryl methyl sites for hydroxylation is 1. The highest BCUT2D eigenvalue weighted by Crippen LogP contribution is 2.30. The van der Waals surface area contributed by atoms with Crippen molar-refractivity contribution in [2.75, 3.05) is 0 Å². The molecule has 3 aromatic heterocycles. The summed E-state index contributed by atoms with van der Waals surface area (Å²) >= 11 is 1.44. The molecule has 0 unspecified atom stereocenters. The van der Waals surface area contributed by atoms with E-state index in [1.165, 1.54) is 22.2 Å². The Balaban J connectivity index is 1.75. The molecule has 4 rings (SSSR count). The number of Topliss-reactive ketones (excluding diaryl/α,β-unsaturated/α-hetero) is 1. The monoisotopic (exact) mass is 391 g/mol. The standard InChI is InChI=1S/C22H21N3O2S/c1-4-25-14(2)10-17(15(25)3)19(26)11-24-13-23-21-20(22(24)27)18(12-28-21)16-8-6-5-7-9-16/h5-10,12-13H,4,11H2,1-3H3. The summed E-state index contributed by atoms with van der Waals surface area (Å²) in [7, 11) is 0. The van der Waals surface area contributed by atoms with Gasteiger partial charge in [-0.05, 0) is 32.4 Å². The maximum Gasteiger partial charge on any atom is 0.263 e. The van der Waals surface area contributed by atoms with Crippen molar-refractivity contribution in [3.05, 3.63) is 75.4 Å². The zero-order valence-corrected chi connectivity index (χ0v) is 16.9. The highest BCUT2D eigenvalue weighted by Gasteiger charge is 2.18. The van der Waals surface area contributed by atoms with Gasteiger partial charge in [0.25, 0.3) is 5.56 Å². The summed E-state index contributed by atoms with van der Waals surface area (Å²) in [5, 5.41) is 2.53. The SMILES string of the molecule is CCn1c(C)cc(C(=O)Cn2cnc3scc(-c4ccccc4)c3c2=O)c1C. The predicted molar refractivity (Wildman–Crippen MR) is 113 cm³/mol. The van der Waals surface area contributed by atoms with Crippen molar-refractivity contribution in [3.8, 4) is 11.1 Å². The Morgan fingerprint density at radius 3 is 2.61 bits per heavy atom. The largest absolute Gasteiger partial charge is 0.349 e. The number of rotatable bonds is 5. The summed E-state index contributed by atoms with van der Waals surface area (Å²) in [4.78, 5) is 31.1. The van der Waals surface area contributed by atoms with E-state index >= 15 is 0 Å². The van der Waals surface area contributed by atoms with Crippen LogP contribution in [0.4, 0.5) is 0 Å². The number of carbonyl (C=O) groups is 1. The van der Waals surface area contributed by atoms with Crippen LogP contribution in [0.25, 0.3) is 21.3 Å². The molecule has 28 heavy (non-hydrogen) atoms. The summed E-state index contributed by atoms with van der Waals surface area (Å²) < 4.78 is 3.52. The first-order valence-corrected chi connectivity index (χ1v) is 10.1. The van der Waals surface area contributed by atoms with E-state index in [-0.39, 0.29) is 17.9 Å². The maximum atomic E-state index is 13.1. The second kappa shape index (κ2) is 7.20. The van der Waals surface area contributed by atoms with Crippen molar-refractivity contribution >= 4 is 27.3 Å². The first-order valence-electron chi connectivity index (χ1n) is 9.23. The van der Waals surface area contributed by atoms with Crippen molar-refractivity contribution in [2.24, 2.45) is 0 Å². The van der Waals surface area contributed by atoms with Gasteiger partial charge in [-0.2, -0.15) is 0 Å². The smallest absolute Gasteiger partial charge is 0.263 e. The predicted octanol–water partition coefficient (Wildman–Crippen LogP) is 4.45. The zero-order valence-electron chi connectivity index (χ0n) is 16.1. The molecule has 6 heteroatoms. The van der Waals surface area contributed by atoms with Crippen LogP contribution in [0.2, 0.25) is 0 Å². The number of thiophene rings is 1. The summed E-state index contributed by atoms with van der Waals surface area (Å²) in [6.45, 7) is 6.79. The fourth-order valence-electron chi connectivity index (χ4n) is 3.72. The average Bonchev–Trinajstić information content (AvgIpc) is 3.26. The fraction of sp³-hybridized carbons (Fsp3) is 0.227. The lowest BCUT2D eigenvalue weighted by molar-refractivity contribution is 0.0970. The molecule has 0 atom stereocenters. The van der Waals surface area contributed by atoms with E-state index in [1.807, 2.05) is 55.6 Å². The molecule has 0 radical (unpaired) electrons. The van der Waals surface area contributed by atoms with Gasteiger partial charge >= 0.3 is 0 Å². The van der Waals surface area contributed by atoms with Crippen molar-refractivity contribution in [1.29, 1.82) is 0 Å². The van der Waals surface area contributed by atoms with E-state index < -0.39 is 0 Å². The molecule has 142 valence electrons. The minimum atomic E-state index is -0.178. The van der Waals surface area contributed by atoms with Gasteiger partial charge in [0, 0.05) is 34.4 Å². The van der Waals surface area contributed by atoms with Crippen LogP contribution in [0.3, 0.4) is 0 Å². The van der Waals surface area contributed by atoms with E-state index in [4.69, 9.17) is 0 Å². The highest BCUT2D eigenvalue weighted by atomic mass is 32.1. The van der Waals surface area contributed by atoms with Crippen molar-refractivity contribution < 1.29 is 4.79 Å². The van der Waals surface area contributed by atoms with Gasteiger partial charge in [0.2, 0.25) is 0 Å². The molecule has 0 fully saturated rings. The molecule has 0 saturated heterocycles. The third-order valence-electron chi connectivity index (χ3n) is 5.15. The number of carbonyl (C=O) groups excluding carboxylic acids is 1. The number of hydrogen-bond acceptors (Lipinski definition) is 4. The number of fused-ring (bicyclic) bond motifs is 1. The van der Waals surface area contributed by atoms with Crippen LogP contribution in [0.1, 0.15) is 28.7 Å². The van der Waals surface area contributed by atoms with Gasteiger partial charge in [-0.15, -0.1) is 11.3 Å². The second-order valence-corrected chi connectivity index (χ2v) is 7.68. The van der Waals surface area contributed by atoms with Gasteiger partial charge in [-0.25, -0.2) is 4.98 Å². The number of hydrogen-bond donors (Lipinski definition) is 0. The van der Waals surface area contributed by atoms with Crippen molar-refractivity contribution in [2.45, 2.75) is 33.9 Å². The van der Waals surface area contributed by atoms with Crippen LogP contribution in [0, 0.1) is 13.8 Å². The number of ketones is 1. The number of aromatic nitrogens is 3. The molecule has 0 aliphatic heterocycles. The van der Waals surface area contributed by atoms with E-state index in [0.717, 1.165) is 29.1 Å². The van der Waals surface area contributed by atoms with Crippen LogP contribution in [-0.4, -0.2) is 19.9 Å². The number of nitrogens with zero attached hydrogens (tertiary/aromatic N) is 3. The van der Waals surface area contributed by atoms with Crippen LogP contribution in [-0.2, 0) is 13.1 Å². The average molecular weight is 391 g/mol.